The summed E-state index contributed by atoms with van der Waals surface area (Å²) in [6.07, 6.45) is 4.59. The molecule has 1 aliphatic rings. The van der Waals surface area contributed by atoms with Crippen molar-refractivity contribution in [2.24, 2.45) is 0 Å². The van der Waals surface area contributed by atoms with E-state index < -0.39 is 6.04 Å². The third-order valence-electron chi connectivity index (χ3n) is 6.37. The van der Waals surface area contributed by atoms with Gasteiger partial charge in [-0.25, -0.2) is 0 Å². The molecule has 0 unspecified atom stereocenters. The molecule has 0 radical (unpaired) electrons. The Morgan fingerprint density at radius 3 is 2.42 bits per heavy atom. The third kappa shape index (κ3) is 7.58. The van der Waals surface area contributed by atoms with Crippen LogP contribution in [0.4, 0.5) is 0 Å². The summed E-state index contributed by atoms with van der Waals surface area (Å²) in [4.78, 5) is 28.9. The Labute approximate surface area is 225 Å². The Balaban J connectivity index is 1.61. The standard InChI is InChI=1S/C29H30BrClN2O3/c30-23-11-6-10-22(16-23)19-33(28(34)20-36-26-15-7-12-24(31)18-26)27(17-21-8-2-1-3-9-21)29(35)32-25-13-4-5-14-25/h1-3,6-12,15-16,18,25,27H,4-5,13-14,17,19-20H2,(H,32,35)/t27-/m1/s1. The number of rotatable bonds is 10. The number of hydrogen-bond acceptors (Lipinski definition) is 3. The molecule has 5 nitrogen and oxygen atoms in total. The second-order valence-electron chi connectivity index (χ2n) is 9.09. The second-order valence-corrected chi connectivity index (χ2v) is 10.4. The molecule has 1 fully saturated rings. The molecule has 1 N–H and O–H groups in total. The van der Waals surface area contributed by atoms with E-state index in [2.05, 4.69) is 21.2 Å². The number of benzene rings is 3. The molecule has 1 aliphatic carbocycles. The van der Waals surface area contributed by atoms with Gasteiger partial charge in [0, 0.05) is 28.5 Å². The van der Waals surface area contributed by atoms with Gasteiger partial charge in [0.1, 0.15) is 11.8 Å². The van der Waals surface area contributed by atoms with Crippen LogP contribution >= 0.6 is 27.5 Å². The lowest BCUT2D eigenvalue weighted by molar-refractivity contribution is -0.143. The molecule has 3 aromatic rings. The largest absolute Gasteiger partial charge is 0.484 e. The van der Waals surface area contributed by atoms with Gasteiger partial charge >= 0.3 is 0 Å². The minimum atomic E-state index is -0.678. The van der Waals surface area contributed by atoms with Crippen LogP contribution in [0, 0.1) is 0 Å². The number of carbonyl (C=O) groups excluding carboxylic acids is 2. The quantitative estimate of drug-likeness (QED) is 0.317. The summed E-state index contributed by atoms with van der Waals surface area (Å²) in [7, 11) is 0. The molecule has 2 amide bonds. The van der Waals surface area contributed by atoms with Crippen molar-refractivity contribution in [2.75, 3.05) is 6.61 Å². The molecule has 0 saturated heterocycles. The summed E-state index contributed by atoms with van der Waals surface area (Å²) >= 11 is 9.59. The highest BCUT2D eigenvalue weighted by Crippen LogP contribution is 2.22. The molecule has 7 heteroatoms. The van der Waals surface area contributed by atoms with E-state index in [0.717, 1.165) is 41.3 Å². The molecule has 0 heterocycles. The molecule has 0 aromatic heterocycles. The summed E-state index contributed by atoms with van der Waals surface area (Å²) < 4.78 is 6.70. The molecule has 0 bridgehead atoms. The summed E-state index contributed by atoms with van der Waals surface area (Å²) in [5.74, 6) is 0.114. The number of hydrogen-bond donors (Lipinski definition) is 1. The Morgan fingerprint density at radius 2 is 1.69 bits per heavy atom. The predicted octanol–water partition coefficient (Wildman–Crippen LogP) is 6.18. The predicted molar refractivity (Wildman–Crippen MR) is 146 cm³/mol. The van der Waals surface area contributed by atoms with Crippen molar-refractivity contribution in [3.63, 3.8) is 0 Å². The van der Waals surface area contributed by atoms with Crippen molar-refractivity contribution in [3.8, 4) is 5.75 Å². The van der Waals surface area contributed by atoms with Gasteiger partial charge < -0.3 is 15.0 Å². The molecule has 188 valence electrons. The van der Waals surface area contributed by atoms with Gasteiger partial charge in [0.25, 0.3) is 5.91 Å². The fraction of sp³-hybridized carbons (Fsp3) is 0.310. The first-order chi connectivity index (χ1) is 17.5. The van der Waals surface area contributed by atoms with Gasteiger partial charge in [0.15, 0.2) is 6.61 Å². The van der Waals surface area contributed by atoms with Crippen LogP contribution in [0.5, 0.6) is 5.75 Å². The molecule has 0 spiro atoms. The molecule has 4 rings (SSSR count). The minimum Gasteiger partial charge on any atom is -0.484 e. The summed E-state index contributed by atoms with van der Waals surface area (Å²) in [6, 6.07) is 24.0. The Morgan fingerprint density at radius 1 is 0.972 bits per heavy atom. The van der Waals surface area contributed by atoms with Crippen molar-refractivity contribution >= 4 is 39.3 Å². The third-order valence-corrected chi connectivity index (χ3v) is 7.10. The maximum atomic E-state index is 13.7. The van der Waals surface area contributed by atoms with E-state index in [1.165, 1.54) is 0 Å². The lowest BCUT2D eigenvalue weighted by Gasteiger charge is -2.32. The molecule has 36 heavy (non-hydrogen) atoms. The smallest absolute Gasteiger partial charge is 0.261 e. The lowest BCUT2D eigenvalue weighted by Crippen LogP contribution is -2.53. The Bertz CT molecular complexity index is 1170. The first-order valence-corrected chi connectivity index (χ1v) is 13.4. The minimum absolute atomic E-state index is 0.128. The van der Waals surface area contributed by atoms with Crippen molar-refractivity contribution in [3.05, 3.63) is 99.5 Å². The molecule has 3 aromatic carbocycles. The molecule has 0 aliphatic heterocycles. The van der Waals surface area contributed by atoms with Crippen LogP contribution in [0.3, 0.4) is 0 Å². The highest BCUT2D eigenvalue weighted by atomic mass is 79.9. The van der Waals surface area contributed by atoms with Gasteiger partial charge in [-0.2, -0.15) is 0 Å². The fourth-order valence-corrected chi connectivity index (χ4v) is 5.17. The summed E-state index contributed by atoms with van der Waals surface area (Å²) in [5.41, 5.74) is 1.92. The normalized spacial score (nSPS) is 14.3. The Hall–Kier alpha value is -2.83. The van der Waals surface area contributed by atoms with E-state index in [1.807, 2.05) is 54.6 Å². The Kier molecular flexibility index (Phi) is 9.42. The molecular weight excluding hydrogens is 540 g/mol. The molecule has 1 saturated carbocycles. The van der Waals surface area contributed by atoms with E-state index in [9.17, 15) is 9.59 Å². The molecule has 1 atom stereocenters. The van der Waals surface area contributed by atoms with Crippen LogP contribution in [0.2, 0.25) is 5.02 Å². The number of ether oxygens (including phenoxy) is 1. The van der Waals surface area contributed by atoms with Crippen LogP contribution in [0.15, 0.2) is 83.3 Å². The van der Waals surface area contributed by atoms with Crippen LogP contribution in [0.1, 0.15) is 36.8 Å². The number of carbonyl (C=O) groups is 2. The second kappa shape index (κ2) is 12.9. The topological polar surface area (TPSA) is 58.6 Å². The zero-order valence-corrected chi connectivity index (χ0v) is 22.4. The zero-order chi connectivity index (χ0) is 25.3. The monoisotopic (exact) mass is 568 g/mol. The number of amides is 2. The first-order valence-electron chi connectivity index (χ1n) is 12.2. The van der Waals surface area contributed by atoms with Crippen LogP contribution in [0.25, 0.3) is 0 Å². The van der Waals surface area contributed by atoms with Gasteiger partial charge in [0.2, 0.25) is 5.91 Å². The first kappa shape index (κ1) is 26.2. The van der Waals surface area contributed by atoms with Crippen LogP contribution in [-0.4, -0.2) is 35.4 Å². The zero-order valence-electron chi connectivity index (χ0n) is 20.0. The van der Waals surface area contributed by atoms with Crippen molar-refractivity contribution in [1.29, 1.82) is 0 Å². The van der Waals surface area contributed by atoms with E-state index in [-0.39, 0.29) is 31.0 Å². The summed E-state index contributed by atoms with van der Waals surface area (Å²) in [5, 5.41) is 3.74. The van der Waals surface area contributed by atoms with Gasteiger partial charge in [-0.1, -0.05) is 88.9 Å². The highest BCUT2D eigenvalue weighted by molar-refractivity contribution is 9.10. The van der Waals surface area contributed by atoms with Crippen molar-refractivity contribution in [2.45, 2.75) is 50.7 Å². The molecular formula is C29H30BrClN2O3. The van der Waals surface area contributed by atoms with E-state index in [4.69, 9.17) is 16.3 Å². The van der Waals surface area contributed by atoms with Crippen LogP contribution < -0.4 is 10.1 Å². The number of halogens is 2. The van der Waals surface area contributed by atoms with Gasteiger partial charge in [-0.3, -0.25) is 9.59 Å². The number of nitrogens with one attached hydrogen (secondary N) is 1. The SMILES string of the molecule is O=C(NC1CCCC1)[C@@H](Cc1ccccc1)N(Cc1cccc(Br)c1)C(=O)COc1cccc(Cl)c1. The van der Waals surface area contributed by atoms with E-state index in [0.29, 0.717) is 17.2 Å². The van der Waals surface area contributed by atoms with E-state index in [1.54, 1.807) is 29.2 Å². The summed E-state index contributed by atoms with van der Waals surface area (Å²) in [6.45, 7) is 0.0864. The average molecular weight is 570 g/mol. The average Bonchev–Trinajstić information content (AvgIpc) is 3.38. The van der Waals surface area contributed by atoms with E-state index >= 15 is 0 Å². The lowest BCUT2D eigenvalue weighted by atomic mass is 10.0. The highest BCUT2D eigenvalue weighted by Gasteiger charge is 2.32. The fourth-order valence-electron chi connectivity index (χ4n) is 4.54. The van der Waals surface area contributed by atoms with Crippen LogP contribution in [-0.2, 0) is 22.6 Å². The van der Waals surface area contributed by atoms with Crippen molar-refractivity contribution in [1.82, 2.24) is 10.2 Å². The van der Waals surface area contributed by atoms with Gasteiger partial charge in [0.05, 0.1) is 0 Å². The van der Waals surface area contributed by atoms with Crippen molar-refractivity contribution < 1.29 is 14.3 Å². The van der Waals surface area contributed by atoms with Gasteiger partial charge in [-0.15, -0.1) is 0 Å². The van der Waals surface area contributed by atoms with Gasteiger partial charge in [-0.05, 0) is 54.3 Å². The maximum Gasteiger partial charge on any atom is 0.261 e. The maximum absolute atomic E-state index is 13.7. The number of nitrogens with zero attached hydrogens (tertiary/aromatic N) is 1.